The number of thioether (sulfide) groups is 1. The van der Waals surface area contributed by atoms with Crippen LogP contribution >= 0.6 is 11.8 Å². The summed E-state index contributed by atoms with van der Waals surface area (Å²) in [4.78, 5) is 21.5. The Labute approximate surface area is 151 Å². The zero-order chi connectivity index (χ0) is 17.6. The molecule has 0 aromatic heterocycles. The summed E-state index contributed by atoms with van der Waals surface area (Å²) in [5.74, 6) is 0.612. The van der Waals surface area contributed by atoms with Gasteiger partial charge in [0, 0.05) is 39.1 Å². The number of amides is 1. The summed E-state index contributed by atoms with van der Waals surface area (Å²) in [5, 5.41) is 9.45. The number of benzene rings is 1. The molecule has 130 valence electrons. The molecule has 2 aliphatic heterocycles. The van der Waals surface area contributed by atoms with Crippen molar-refractivity contribution in [2.75, 3.05) is 39.8 Å². The van der Waals surface area contributed by atoms with Crippen LogP contribution in [0, 0.1) is 11.3 Å². The molecule has 0 spiro atoms. The lowest BCUT2D eigenvalue weighted by molar-refractivity contribution is -0.113. The van der Waals surface area contributed by atoms with Gasteiger partial charge in [-0.2, -0.15) is 10.3 Å². The van der Waals surface area contributed by atoms with E-state index in [4.69, 9.17) is 10.00 Å². The molecule has 1 fully saturated rings. The number of carbonyl (C=O) groups excluding carboxylic acids is 1. The number of hydrogen-bond donors (Lipinski definition) is 0. The number of nitrogens with zero attached hydrogens (tertiary/aromatic N) is 4. The Kier molecular flexibility index (Phi) is 5.74. The van der Waals surface area contributed by atoms with Crippen molar-refractivity contribution in [2.45, 2.75) is 6.42 Å². The Morgan fingerprint density at radius 3 is 2.64 bits per heavy atom. The normalized spacial score (nSPS) is 19.8. The van der Waals surface area contributed by atoms with Crippen LogP contribution < -0.4 is 4.74 Å². The molecule has 2 aliphatic rings. The van der Waals surface area contributed by atoms with Gasteiger partial charge in [-0.15, -0.1) is 0 Å². The molecule has 0 N–H and O–H groups in total. The minimum atomic E-state index is -0.178. The predicted molar refractivity (Wildman–Crippen MR) is 99.2 cm³/mol. The van der Waals surface area contributed by atoms with Crippen LogP contribution in [0.5, 0.6) is 5.75 Å². The number of piperazine rings is 1. The molecule has 2 heterocycles. The second-order valence-electron chi connectivity index (χ2n) is 5.82. The number of carbonyl (C=O) groups is 1. The van der Waals surface area contributed by atoms with E-state index in [9.17, 15) is 4.79 Å². The molecule has 0 unspecified atom stereocenters. The number of hydrogen-bond acceptors (Lipinski definition) is 6. The van der Waals surface area contributed by atoms with Crippen LogP contribution in [-0.4, -0.2) is 60.7 Å². The van der Waals surface area contributed by atoms with Crippen molar-refractivity contribution in [3.05, 3.63) is 34.7 Å². The van der Waals surface area contributed by atoms with Gasteiger partial charge in [-0.3, -0.25) is 9.69 Å². The van der Waals surface area contributed by atoms with Crippen LogP contribution in [0.4, 0.5) is 0 Å². The van der Waals surface area contributed by atoms with Crippen molar-refractivity contribution in [1.82, 2.24) is 9.80 Å². The molecule has 0 atom stereocenters. The molecule has 1 saturated heterocycles. The van der Waals surface area contributed by atoms with E-state index in [1.54, 1.807) is 7.11 Å². The lowest BCUT2D eigenvalue weighted by Crippen LogP contribution is -2.47. The first-order chi connectivity index (χ1) is 12.2. The highest BCUT2D eigenvalue weighted by Gasteiger charge is 2.28. The SMILES string of the molecule is COc1ccc(/C=C2/SC(N3CCN(CCC#N)CC3)=NC2=O)cc1. The van der Waals surface area contributed by atoms with E-state index >= 15 is 0 Å². The maximum absolute atomic E-state index is 12.2. The summed E-state index contributed by atoms with van der Waals surface area (Å²) < 4.78 is 5.15. The van der Waals surface area contributed by atoms with Gasteiger partial charge in [-0.05, 0) is 35.5 Å². The minimum Gasteiger partial charge on any atom is -0.497 e. The highest BCUT2D eigenvalue weighted by Crippen LogP contribution is 2.31. The minimum absolute atomic E-state index is 0.178. The Morgan fingerprint density at radius 1 is 1.28 bits per heavy atom. The number of ether oxygens (including phenoxy) is 1. The van der Waals surface area contributed by atoms with Crippen molar-refractivity contribution >= 4 is 28.9 Å². The molecule has 0 aliphatic carbocycles. The van der Waals surface area contributed by atoms with Gasteiger partial charge < -0.3 is 9.64 Å². The maximum atomic E-state index is 12.2. The monoisotopic (exact) mass is 356 g/mol. The second-order valence-corrected chi connectivity index (χ2v) is 6.83. The zero-order valence-corrected chi connectivity index (χ0v) is 15.0. The van der Waals surface area contributed by atoms with Crippen molar-refractivity contribution in [3.8, 4) is 11.8 Å². The molecule has 25 heavy (non-hydrogen) atoms. The standard InChI is InChI=1S/C18H20N4O2S/c1-24-15-5-3-14(4-6-15)13-16-17(23)20-18(25-16)22-11-9-21(10-12-22)8-2-7-19/h3-6,13H,2,8-12H2,1H3/b16-13+. The molecule has 1 amide bonds. The first kappa shape index (κ1) is 17.5. The summed E-state index contributed by atoms with van der Waals surface area (Å²) in [6.07, 6.45) is 2.43. The molecule has 7 heteroatoms. The van der Waals surface area contributed by atoms with Gasteiger partial charge in [0.1, 0.15) is 5.75 Å². The van der Waals surface area contributed by atoms with Gasteiger partial charge in [-0.1, -0.05) is 12.1 Å². The average molecular weight is 356 g/mol. The van der Waals surface area contributed by atoms with Gasteiger partial charge in [0.2, 0.25) is 0 Å². The molecule has 0 bridgehead atoms. The van der Waals surface area contributed by atoms with Crippen molar-refractivity contribution < 1.29 is 9.53 Å². The highest BCUT2D eigenvalue weighted by atomic mass is 32.2. The topological polar surface area (TPSA) is 68.9 Å². The lowest BCUT2D eigenvalue weighted by Gasteiger charge is -2.34. The van der Waals surface area contributed by atoms with Crippen LogP contribution in [0.2, 0.25) is 0 Å². The van der Waals surface area contributed by atoms with E-state index < -0.39 is 0 Å². The molecule has 0 saturated carbocycles. The van der Waals surface area contributed by atoms with Gasteiger partial charge in [0.15, 0.2) is 5.17 Å². The van der Waals surface area contributed by atoms with Crippen LogP contribution in [0.3, 0.4) is 0 Å². The van der Waals surface area contributed by atoms with Crippen LogP contribution in [-0.2, 0) is 4.79 Å². The second kappa shape index (κ2) is 8.19. The van der Waals surface area contributed by atoms with Crippen molar-refractivity contribution in [1.29, 1.82) is 5.26 Å². The number of aliphatic imine (C=N–C) groups is 1. The average Bonchev–Trinajstić information content (AvgIpc) is 3.01. The van der Waals surface area contributed by atoms with Crippen LogP contribution in [0.1, 0.15) is 12.0 Å². The first-order valence-electron chi connectivity index (χ1n) is 8.20. The van der Waals surface area contributed by atoms with Gasteiger partial charge in [-0.25, -0.2) is 0 Å². The van der Waals surface area contributed by atoms with Crippen LogP contribution in [0.25, 0.3) is 6.08 Å². The van der Waals surface area contributed by atoms with E-state index in [0.29, 0.717) is 11.3 Å². The number of amidine groups is 1. The zero-order valence-electron chi connectivity index (χ0n) is 14.1. The van der Waals surface area contributed by atoms with E-state index in [1.807, 2.05) is 30.3 Å². The Morgan fingerprint density at radius 2 is 2.00 bits per heavy atom. The molecule has 3 rings (SSSR count). The molecular formula is C18H20N4O2S. The summed E-state index contributed by atoms with van der Waals surface area (Å²) in [7, 11) is 1.63. The Hall–Kier alpha value is -2.30. The molecule has 6 nitrogen and oxygen atoms in total. The lowest BCUT2D eigenvalue weighted by atomic mass is 10.2. The van der Waals surface area contributed by atoms with E-state index in [0.717, 1.165) is 49.2 Å². The van der Waals surface area contributed by atoms with Gasteiger partial charge in [0.25, 0.3) is 5.91 Å². The van der Waals surface area contributed by atoms with Crippen molar-refractivity contribution in [2.24, 2.45) is 4.99 Å². The first-order valence-corrected chi connectivity index (χ1v) is 9.02. The number of rotatable bonds is 4. The quantitative estimate of drug-likeness (QED) is 0.771. The van der Waals surface area contributed by atoms with E-state index in [-0.39, 0.29) is 5.91 Å². The highest BCUT2D eigenvalue weighted by molar-refractivity contribution is 8.18. The maximum Gasteiger partial charge on any atom is 0.286 e. The summed E-state index contributed by atoms with van der Waals surface area (Å²) >= 11 is 1.43. The third-order valence-corrected chi connectivity index (χ3v) is 5.25. The Bertz CT molecular complexity index is 728. The fourth-order valence-corrected chi connectivity index (χ4v) is 3.72. The summed E-state index contributed by atoms with van der Waals surface area (Å²) in [6, 6.07) is 9.77. The van der Waals surface area contributed by atoms with Crippen LogP contribution in [0.15, 0.2) is 34.2 Å². The number of nitriles is 1. The smallest absolute Gasteiger partial charge is 0.286 e. The van der Waals surface area contributed by atoms with Gasteiger partial charge >= 0.3 is 0 Å². The summed E-state index contributed by atoms with van der Waals surface area (Å²) in [6.45, 7) is 4.27. The van der Waals surface area contributed by atoms with Gasteiger partial charge in [0.05, 0.1) is 18.1 Å². The summed E-state index contributed by atoms with van der Waals surface area (Å²) in [5.41, 5.74) is 0.953. The van der Waals surface area contributed by atoms with E-state index in [2.05, 4.69) is 20.9 Å². The number of methoxy groups -OCH3 is 1. The van der Waals surface area contributed by atoms with E-state index in [1.165, 1.54) is 11.8 Å². The Balaban J connectivity index is 1.59. The molecular weight excluding hydrogens is 336 g/mol. The molecule has 0 radical (unpaired) electrons. The third-order valence-electron chi connectivity index (χ3n) is 4.21. The van der Waals surface area contributed by atoms with Crippen molar-refractivity contribution in [3.63, 3.8) is 0 Å². The largest absolute Gasteiger partial charge is 0.497 e. The fraction of sp³-hybridized carbons (Fsp3) is 0.389. The molecule has 1 aromatic carbocycles. The molecule has 1 aromatic rings. The third kappa shape index (κ3) is 4.41. The predicted octanol–water partition coefficient (Wildman–Crippen LogP) is 2.20. The fourth-order valence-electron chi connectivity index (χ4n) is 2.76.